The van der Waals surface area contributed by atoms with Gasteiger partial charge in [-0.3, -0.25) is 14.4 Å². The highest BCUT2D eigenvalue weighted by atomic mass is 35.5. The van der Waals surface area contributed by atoms with Gasteiger partial charge in [-0.2, -0.15) is 5.26 Å². The van der Waals surface area contributed by atoms with E-state index < -0.39 is 23.7 Å². The van der Waals surface area contributed by atoms with E-state index in [2.05, 4.69) is 16.7 Å². The Balaban J connectivity index is 1.97. The van der Waals surface area contributed by atoms with E-state index in [4.69, 9.17) is 32.7 Å². The Kier molecular flexibility index (Phi) is 9.49. The number of halogens is 2. The minimum absolute atomic E-state index is 0.0793. The van der Waals surface area contributed by atoms with Gasteiger partial charge in [0.15, 0.2) is 5.75 Å². The second-order valence-corrected chi connectivity index (χ2v) is 10.0. The van der Waals surface area contributed by atoms with Crippen molar-refractivity contribution >= 4 is 58.4 Å². The summed E-state index contributed by atoms with van der Waals surface area (Å²) < 4.78 is 10.3. The fourth-order valence-corrected chi connectivity index (χ4v) is 5.46. The monoisotopic (exact) mass is 561 g/mol. The van der Waals surface area contributed by atoms with E-state index in [-0.39, 0.29) is 38.1 Å². The number of thioether (sulfide) groups is 1. The normalized spacial score (nSPS) is 17.1. The van der Waals surface area contributed by atoms with Crippen LogP contribution in [0.25, 0.3) is 0 Å². The van der Waals surface area contributed by atoms with E-state index in [9.17, 15) is 19.6 Å². The van der Waals surface area contributed by atoms with E-state index in [0.717, 1.165) is 30.0 Å². The van der Waals surface area contributed by atoms with Crippen LogP contribution in [0.2, 0.25) is 10.0 Å². The molecule has 2 amide bonds. The zero-order valence-electron chi connectivity index (χ0n) is 20.6. The lowest BCUT2D eigenvalue weighted by Gasteiger charge is -2.31. The van der Waals surface area contributed by atoms with Crippen LogP contribution < -0.4 is 15.4 Å². The van der Waals surface area contributed by atoms with Gasteiger partial charge in [0.2, 0.25) is 11.8 Å². The number of esters is 1. The van der Waals surface area contributed by atoms with Crippen molar-refractivity contribution in [2.45, 2.75) is 26.7 Å². The molecule has 8 nitrogen and oxygen atoms in total. The lowest BCUT2D eigenvalue weighted by Crippen LogP contribution is -2.44. The van der Waals surface area contributed by atoms with Gasteiger partial charge in [0.25, 0.3) is 0 Å². The maximum absolute atomic E-state index is 13.0. The molecule has 11 heteroatoms. The molecule has 194 valence electrons. The van der Waals surface area contributed by atoms with Crippen molar-refractivity contribution in [3.05, 3.63) is 67.7 Å². The first-order valence-electron chi connectivity index (χ1n) is 11.3. The molecule has 0 saturated heterocycles. The first-order chi connectivity index (χ1) is 17.6. The molecular formula is C26H25Cl2N3O5S. The van der Waals surface area contributed by atoms with Crippen LogP contribution in [0.5, 0.6) is 5.75 Å². The van der Waals surface area contributed by atoms with Gasteiger partial charge >= 0.3 is 5.97 Å². The summed E-state index contributed by atoms with van der Waals surface area (Å²) >= 11 is 13.7. The molecule has 2 N–H and O–H groups in total. The van der Waals surface area contributed by atoms with Crippen molar-refractivity contribution in [3.63, 3.8) is 0 Å². The number of aryl methyl sites for hydroxylation is 2. The van der Waals surface area contributed by atoms with Gasteiger partial charge in [0, 0.05) is 11.6 Å². The van der Waals surface area contributed by atoms with E-state index in [1.54, 1.807) is 6.92 Å². The molecule has 0 fully saturated rings. The molecule has 0 unspecified atom stereocenters. The van der Waals surface area contributed by atoms with Crippen LogP contribution in [-0.4, -0.2) is 37.3 Å². The fourth-order valence-electron chi connectivity index (χ4n) is 4.00. The number of methoxy groups -OCH3 is 1. The van der Waals surface area contributed by atoms with Crippen LogP contribution >= 0.6 is 35.0 Å². The van der Waals surface area contributed by atoms with Crippen LogP contribution in [0.15, 0.2) is 40.9 Å². The smallest absolute Gasteiger partial charge is 0.319 e. The standard InChI is InChI=1S/C26H25Cl2N3O5S/c1-5-36-23-17(27)9-15(10-18(23)28)21-16(11-29)25(31-24(33)22(21)26(34)35-4)37-12-20(32)30-19-7-6-13(2)8-14(19)3/h6-10,21-22H,5,12H2,1-4H3,(H,30,32)(H,31,33)/t21-,22+/m1/s1. The lowest BCUT2D eigenvalue weighted by atomic mass is 9.78. The Labute approximate surface area is 229 Å². The summed E-state index contributed by atoms with van der Waals surface area (Å²) in [4.78, 5) is 38.3. The maximum Gasteiger partial charge on any atom is 0.319 e. The van der Waals surface area contributed by atoms with E-state index >= 15 is 0 Å². The number of anilines is 1. The van der Waals surface area contributed by atoms with Crippen LogP contribution in [0.1, 0.15) is 29.5 Å². The van der Waals surface area contributed by atoms with Gasteiger partial charge in [-0.25, -0.2) is 0 Å². The summed E-state index contributed by atoms with van der Waals surface area (Å²) in [7, 11) is 1.16. The van der Waals surface area contributed by atoms with Crippen molar-refractivity contribution in [1.29, 1.82) is 5.26 Å². The number of hydrogen-bond acceptors (Lipinski definition) is 7. The third-order valence-corrected chi connectivity index (χ3v) is 7.23. The van der Waals surface area contributed by atoms with Crippen LogP contribution in [0.4, 0.5) is 5.69 Å². The number of nitrogens with one attached hydrogen (secondary N) is 2. The van der Waals surface area contributed by atoms with Gasteiger partial charge in [0.1, 0.15) is 5.92 Å². The number of carbonyl (C=O) groups is 3. The molecular weight excluding hydrogens is 537 g/mol. The van der Waals surface area contributed by atoms with E-state index in [1.165, 1.54) is 12.1 Å². The van der Waals surface area contributed by atoms with Crippen molar-refractivity contribution in [1.82, 2.24) is 5.32 Å². The van der Waals surface area contributed by atoms with Gasteiger partial charge in [-0.15, -0.1) is 0 Å². The highest BCUT2D eigenvalue weighted by Crippen LogP contribution is 2.44. The molecule has 2 aromatic carbocycles. The van der Waals surface area contributed by atoms with Crippen molar-refractivity contribution < 1.29 is 23.9 Å². The first-order valence-corrected chi connectivity index (χ1v) is 13.0. The molecule has 0 aromatic heterocycles. The number of allylic oxidation sites excluding steroid dienone is 1. The Hall–Kier alpha value is -3.19. The maximum atomic E-state index is 13.0. The van der Waals surface area contributed by atoms with Gasteiger partial charge in [-0.1, -0.05) is 52.7 Å². The average molecular weight is 562 g/mol. The Morgan fingerprint density at radius 1 is 1.19 bits per heavy atom. The Morgan fingerprint density at radius 2 is 1.86 bits per heavy atom. The fraction of sp³-hybridized carbons (Fsp3) is 0.308. The summed E-state index contributed by atoms with van der Waals surface area (Å²) in [6.45, 7) is 5.94. The van der Waals surface area contributed by atoms with Crippen LogP contribution in [-0.2, 0) is 19.1 Å². The quantitative estimate of drug-likeness (QED) is 0.339. The third-order valence-electron chi connectivity index (χ3n) is 5.66. The highest BCUT2D eigenvalue weighted by Gasteiger charge is 2.44. The summed E-state index contributed by atoms with van der Waals surface area (Å²) in [5.74, 6) is -4.06. The highest BCUT2D eigenvalue weighted by molar-refractivity contribution is 8.03. The molecule has 0 aliphatic carbocycles. The van der Waals surface area contributed by atoms with Gasteiger partial charge in [0.05, 0.1) is 46.2 Å². The predicted molar refractivity (Wildman–Crippen MR) is 144 cm³/mol. The minimum Gasteiger partial charge on any atom is -0.491 e. The summed E-state index contributed by atoms with van der Waals surface area (Å²) in [6.07, 6.45) is 0. The molecule has 37 heavy (non-hydrogen) atoms. The molecule has 1 aliphatic rings. The van der Waals surface area contributed by atoms with Gasteiger partial charge in [-0.05, 0) is 50.1 Å². The number of rotatable bonds is 8. The molecule has 1 aliphatic heterocycles. The average Bonchev–Trinajstić information content (AvgIpc) is 2.85. The molecule has 1 heterocycles. The number of benzene rings is 2. The number of nitrogens with zero attached hydrogens (tertiary/aromatic N) is 1. The number of ether oxygens (including phenoxy) is 2. The van der Waals surface area contributed by atoms with E-state index in [1.807, 2.05) is 32.0 Å². The third kappa shape index (κ3) is 6.39. The summed E-state index contributed by atoms with van der Waals surface area (Å²) in [5, 5.41) is 16.0. The second kappa shape index (κ2) is 12.4. The summed E-state index contributed by atoms with van der Waals surface area (Å²) in [6, 6.07) is 10.7. The topological polar surface area (TPSA) is 118 Å². The number of carbonyl (C=O) groups excluding carboxylic acids is 3. The zero-order valence-corrected chi connectivity index (χ0v) is 22.9. The zero-order chi connectivity index (χ0) is 27.3. The molecule has 2 atom stereocenters. The SMILES string of the molecule is CCOc1c(Cl)cc([C@@H]2C(C#N)=C(SCC(=O)Nc3ccc(C)cc3C)NC(=O)[C@H]2C(=O)OC)cc1Cl. The number of nitriles is 1. The Bertz CT molecular complexity index is 1300. The summed E-state index contributed by atoms with van der Waals surface area (Å²) in [5.41, 5.74) is 3.08. The van der Waals surface area contributed by atoms with Crippen LogP contribution in [0.3, 0.4) is 0 Å². The second-order valence-electron chi connectivity index (χ2n) is 8.22. The lowest BCUT2D eigenvalue weighted by molar-refractivity contribution is -0.150. The van der Waals surface area contributed by atoms with Crippen LogP contribution in [0, 0.1) is 31.1 Å². The molecule has 0 bridgehead atoms. The predicted octanol–water partition coefficient (Wildman–Crippen LogP) is 5.12. The van der Waals surface area contributed by atoms with Gasteiger partial charge < -0.3 is 20.1 Å². The molecule has 3 rings (SSSR count). The van der Waals surface area contributed by atoms with Crippen molar-refractivity contribution in [2.75, 3.05) is 24.8 Å². The Morgan fingerprint density at radius 3 is 2.43 bits per heavy atom. The van der Waals surface area contributed by atoms with Crippen molar-refractivity contribution in [3.8, 4) is 11.8 Å². The first kappa shape index (κ1) is 28.4. The molecule has 0 radical (unpaired) electrons. The van der Waals surface area contributed by atoms with Crippen molar-refractivity contribution in [2.24, 2.45) is 5.92 Å². The minimum atomic E-state index is -1.36. The molecule has 0 saturated carbocycles. The molecule has 2 aromatic rings. The largest absolute Gasteiger partial charge is 0.491 e. The number of amides is 2. The number of hydrogen-bond donors (Lipinski definition) is 2. The molecule has 0 spiro atoms. The van der Waals surface area contributed by atoms with E-state index in [0.29, 0.717) is 17.9 Å².